The van der Waals surface area contributed by atoms with Gasteiger partial charge in [-0.25, -0.2) is 4.79 Å². The van der Waals surface area contributed by atoms with E-state index in [1.165, 1.54) is 4.57 Å². The quantitative estimate of drug-likeness (QED) is 0.822. The number of nitrogens with zero attached hydrogens (tertiary/aromatic N) is 3. The number of furan rings is 1. The van der Waals surface area contributed by atoms with Gasteiger partial charge in [0.15, 0.2) is 11.4 Å². The summed E-state index contributed by atoms with van der Waals surface area (Å²) in [5, 5.41) is 19.4. The molecule has 0 aromatic carbocycles. The highest BCUT2D eigenvalue weighted by Crippen LogP contribution is 2.28. The highest BCUT2D eigenvalue weighted by atomic mass is 16.4. The summed E-state index contributed by atoms with van der Waals surface area (Å²) in [4.78, 5) is 40.2. The van der Waals surface area contributed by atoms with Crippen LogP contribution in [0.4, 0.5) is 0 Å². The topological polar surface area (TPSA) is 116 Å². The van der Waals surface area contributed by atoms with Crippen molar-refractivity contribution in [2.24, 2.45) is 0 Å². The molecule has 2 N–H and O–H groups in total. The summed E-state index contributed by atoms with van der Waals surface area (Å²) in [6.07, 6.45) is 4.11. The van der Waals surface area contributed by atoms with E-state index >= 15 is 0 Å². The zero-order chi connectivity index (χ0) is 19.1. The van der Waals surface area contributed by atoms with Gasteiger partial charge < -0.3 is 24.1 Å². The number of aromatic hydroxyl groups is 1. The van der Waals surface area contributed by atoms with Gasteiger partial charge in [0, 0.05) is 19.3 Å². The number of carboxylic acids is 1. The summed E-state index contributed by atoms with van der Waals surface area (Å²) in [7, 11) is 0. The van der Waals surface area contributed by atoms with Crippen molar-refractivity contribution < 1.29 is 24.2 Å². The molecule has 1 fully saturated rings. The van der Waals surface area contributed by atoms with Crippen LogP contribution in [0.5, 0.6) is 5.75 Å². The van der Waals surface area contributed by atoms with Crippen LogP contribution in [-0.2, 0) is 13.1 Å². The van der Waals surface area contributed by atoms with Crippen LogP contribution in [0.15, 0.2) is 33.8 Å². The Morgan fingerprint density at radius 1 is 1.26 bits per heavy atom. The molecule has 9 heteroatoms. The van der Waals surface area contributed by atoms with Crippen LogP contribution >= 0.6 is 0 Å². The molecule has 2 aromatic rings. The summed E-state index contributed by atoms with van der Waals surface area (Å²) in [5.74, 6) is -1.94. The molecule has 1 unspecified atom stereocenters. The van der Waals surface area contributed by atoms with Gasteiger partial charge >= 0.3 is 5.97 Å². The standard InChI is InChI=1S/C18H19N3O6/c22-15-12(18(25)26)9-20-10-13-19(8-11-4-3-7-27-11)5-1-2-6-21(13)17(24)14(20)16(15)23/h3-4,7,9,13,23H,1-2,5-6,8,10H2,(H,25,26). The molecule has 4 heterocycles. The fourth-order valence-corrected chi connectivity index (χ4v) is 3.81. The predicted molar refractivity (Wildman–Crippen MR) is 92.5 cm³/mol. The second kappa shape index (κ2) is 6.58. The van der Waals surface area contributed by atoms with Gasteiger partial charge in [0.2, 0.25) is 5.43 Å². The molecule has 1 amide bonds. The van der Waals surface area contributed by atoms with Crippen molar-refractivity contribution in [1.29, 1.82) is 0 Å². The molecule has 4 rings (SSSR count). The normalized spacial score (nSPS) is 20.1. The van der Waals surface area contributed by atoms with Crippen LogP contribution in [0.2, 0.25) is 0 Å². The van der Waals surface area contributed by atoms with E-state index in [9.17, 15) is 24.6 Å². The number of carbonyl (C=O) groups excluding carboxylic acids is 1. The fourth-order valence-electron chi connectivity index (χ4n) is 3.81. The van der Waals surface area contributed by atoms with Crippen LogP contribution in [0.1, 0.15) is 39.4 Å². The number of carbonyl (C=O) groups is 2. The number of rotatable bonds is 3. The fraction of sp³-hybridized carbons (Fsp3) is 0.389. The highest BCUT2D eigenvalue weighted by Gasteiger charge is 2.39. The van der Waals surface area contributed by atoms with E-state index in [-0.39, 0.29) is 18.4 Å². The Balaban J connectivity index is 1.77. The SMILES string of the molecule is O=C(O)c1cn2c(c(O)c1=O)C(=O)N1CCCCN(Cc3ccco3)C1C2. The van der Waals surface area contributed by atoms with E-state index in [0.717, 1.165) is 31.3 Å². The first-order valence-electron chi connectivity index (χ1n) is 8.74. The molecule has 2 aliphatic heterocycles. The minimum absolute atomic E-state index is 0.152. The van der Waals surface area contributed by atoms with E-state index < -0.39 is 28.6 Å². The maximum absolute atomic E-state index is 13.0. The number of pyridine rings is 1. The van der Waals surface area contributed by atoms with Gasteiger partial charge in [0.05, 0.1) is 19.4 Å². The summed E-state index contributed by atoms with van der Waals surface area (Å²) in [5.41, 5.74) is -1.74. The van der Waals surface area contributed by atoms with Crippen molar-refractivity contribution in [1.82, 2.24) is 14.4 Å². The van der Waals surface area contributed by atoms with Gasteiger partial charge in [0.25, 0.3) is 5.91 Å². The molecule has 0 radical (unpaired) electrons. The van der Waals surface area contributed by atoms with Gasteiger partial charge in [-0.15, -0.1) is 0 Å². The Bertz CT molecular complexity index is 949. The van der Waals surface area contributed by atoms with Crippen molar-refractivity contribution >= 4 is 11.9 Å². The lowest BCUT2D eigenvalue weighted by Gasteiger charge is -2.41. The third-order valence-electron chi connectivity index (χ3n) is 5.12. The molecule has 0 aliphatic carbocycles. The van der Waals surface area contributed by atoms with E-state index in [2.05, 4.69) is 4.90 Å². The first kappa shape index (κ1) is 17.3. The van der Waals surface area contributed by atoms with Crippen molar-refractivity contribution in [3.05, 3.63) is 51.8 Å². The zero-order valence-corrected chi connectivity index (χ0v) is 14.5. The third-order valence-corrected chi connectivity index (χ3v) is 5.12. The molecule has 2 aromatic heterocycles. The average molecular weight is 373 g/mol. The molecular weight excluding hydrogens is 354 g/mol. The van der Waals surface area contributed by atoms with E-state index in [0.29, 0.717) is 13.1 Å². The van der Waals surface area contributed by atoms with E-state index in [1.807, 2.05) is 6.07 Å². The second-order valence-electron chi connectivity index (χ2n) is 6.76. The molecule has 9 nitrogen and oxygen atoms in total. The van der Waals surface area contributed by atoms with Gasteiger partial charge in [-0.2, -0.15) is 0 Å². The predicted octanol–water partition coefficient (Wildman–Crippen LogP) is 0.923. The largest absolute Gasteiger partial charge is 0.503 e. The Kier molecular flexibility index (Phi) is 4.23. The molecule has 142 valence electrons. The van der Waals surface area contributed by atoms with Crippen molar-refractivity contribution in [2.45, 2.75) is 32.1 Å². The lowest BCUT2D eigenvalue weighted by atomic mass is 10.1. The van der Waals surface area contributed by atoms with Crippen molar-refractivity contribution in [3.63, 3.8) is 0 Å². The van der Waals surface area contributed by atoms with Crippen molar-refractivity contribution in [3.8, 4) is 5.75 Å². The van der Waals surface area contributed by atoms with E-state index in [1.54, 1.807) is 17.2 Å². The van der Waals surface area contributed by atoms with Crippen LogP contribution in [-0.4, -0.2) is 55.7 Å². The Labute approximate surface area is 154 Å². The average Bonchev–Trinajstić information content (AvgIpc) is 3.06. The van der Waals surface area contributed by atoms with Crippen molar-refractivity contribution in [2.75, 3.05) is 13.1 Å². The zero-order valence-electron chi connectivity index (χ0n) is 14.5. The van der Waals surface area contributed by atoms with Gasteiger partial charge in [0.1, 0.15) is 17.5 Å². The van der Waals surface area contributed by atoms with Crippen LogP contribution in [0.3, 0.4) is 0 Å². The molecule has 0 bridgehead atoms. The molecular formula is C18H19N3O6. The number of hydrogen-bond acceptors (Lipinski definition) is 6. The number of hydrogen-bond donors (Lipinski definition) is 2. The highest BCUT2D eigenvalue weighted by molar-refractivity contribution is 5.97. The number of aromatic carboxylic acids is 1. The Morgan fingerprint density at radius 2 is 2.04 bits per heavy atom. The van der Waals surface area contributed by atoms with Gasteiger partial charge in [-0.05, 0) is 25.0 Å². The van der Waals surface area contributed by atoms with Gasteiger partial charge in [-0.1, -0.05) is 0 Å². The third kappa shape index (κ3) is 2.89. The Morgan fingerprint density at radius 3 is 2.74 bits per heavy atom. The molecule has 27 heavy (non-hydrogen) atoms. The van der Waals surface area contributed by atoms with Crippen LogP contribution in [0, 0.1) is 0 Å². The maximum atomic E-state index is 13.0. The van der Waals surface area contributed by atoms with Crippen LogP contribution in [0.25, 0.3) is 0 Å². The Hall–Kier alpha value is -3.07. The summed E-state index contributed by atoms with van der Waals surface area (Å²) in [6.45, 7) is 2.03. The minimum Gasteiger partial charge on any atom is -0.503 e. The summed E-state index contributed by atoms with van der Waals surface area (Å²) < 4.78 is 6.81. The maximum Gasteiger partial charge on any atom is 0.341 e. The molecule has 1 atom stereocenters. The minimum atomic E-state index is -1.44. The first-order valence-corrected chi connectivity index (χ1v) is 8.74. The molecule has 1 saturated heterocycles. The molecule has 0 saturated carbocycles. The van der Waals surface area contributed by atoms with E-state index in [4.69, 9.17) is 4.42 Å². The lowest BCUT2D eigenvalue weighted by Crippen LogP contribution is -2.56. The number of aromatic nitrogens is 1. The summed E-state index contributed by atoms with van der Waals surface area (Å²) in [6, 6.07) is 3.66. The number of carboxylic acid groups (broad SMARTS) is 1. The second-order valence-corrected chi connectivity index (χ2v) is 6.76. The lowest BCUT2D eigenvalue weighted by molar-refractivity contribution is 0.0169. The smallest absolute Gasteiger partial charge is 0.341 e. The number of amides is 1. The first-order chi connectivity index (χ1) is 13.0. The van der Waals surface area contributed by atoms with Crippen LogP contribution < -0.4 is 5.43 Å². The monoisotopic (exact) mass is 373 g/mol. The van der Waals surface area contributed by atoms with Gasteiger partial charge in [-0.3, -0.25) is 14.5 Å². The molecule has 2 aliphatic rings. The molecule has 0 spiro atoms. The summed E-state index contributed by atoms with van der Waals surface area (Å²) >= 11 is 0. The number of fused-ring (bicyclic) bond motifs is 2.